The fourth-order valence-electron chi connectivity index (χ4n) is 3.41. The van der Waals surface area contributed by atoms with E-state index in [4.69, 9.17) is 21.7 Å². The Bertz CT molecular complexity index is 942. The summed E-state index contributed by atoms with van der Waals surface area (Å²) in [6, 6.07) is 14.0. The van der Waals surface area contributed by atoms with Crippen molar-refractivity contribution in [3.05, 3.63) is 48.5 Å². The maximum atomic E-state index is 12.6. The van der Waals surface area contributed by atoms with E-state index >= 15 is 0 Å². The molecule has 1 aliphatic rings. The van der Waals surface area contributed by atoms with Crippen molar-refractivity contribution in [1.82, 2.24) is 10.0 Å². The summed E-state index contributed by atoms with van der Waals surface area (Å²) in [5, 5.41) is 6.55. The van der Waals surface area contributed by atoms with Crippen molar-refractivity contribution >= 4 is 33.0 Å². The van der Waals surface area contributed by atoms with Crippen molar-refractivity contribution in [2.24, 2.45) is 0 Å². The van der Waals surface area contributed by atoms with Crippen LogP contribution >= 0.6 is 12.2 Å². The summed E-state index contributed by atoms with van der Waals surface area (Å²) in [5.74, 6) is 1.53. The maximum absolute atomic E-state index is 12.6. The minimum absolute atomic E-state index is 0.0356. The van der Waals surface area contributed by atoms with Gasteiger partial charge in [0.15, 0.2) is 5.11 Å². The third-order valence-corrected chi connectivity index (χ3v) is 6.85. The van der Waals surface area contributed by atoms with Crippen LogP contribution in [0.15, 0.2) is 53.4 Å². The Kier molecular flexibility index (Phi) is 8.51. The Balaban J connectivity index is 1.41. The Morgan fingerprint density at radius 3 is 2.29 bits per heavy atom. The summed E-state index contributed by atoms with van der Waals surface area (Å²) in [4.78, 5) is 0.260. The predicted molar refractivity (Wildman–Crippen MR) is 126 cm³/mol. The lowest BCUT2D eigenvalue weighted by Crippen LogP contribution is -2.36. The molecule has 0 aliphatic heterocycles. The van der Waals surface area contributed by atoms with E-state index in [1.165, 1.54) is 6.42 Å². The standard InChI is InChI=1S/C22H29N3O4S2/c1-28-19-9-11-20(12-10-19)29-16-15-23-22(30)24-17-7-13-21(14-8-17)31(26,27)25-18-5-3-2-4-6-18/h7-14,18,25H,2-6,15-16H2,1H3,(H2,23,24,30). The molecule has 1 saturated carbocycles. The molecule has 168 valence electrons. The number of nitrogens with one attached hydrogen (secondary N) is 3. The summed E-state index contributed by atoms with van der Waals surface area (Å²) in [7, 11) is -1.88. The molecule has 0 radical (unpaired) electrons. The van der Waals surface area contributed by atoms with E-state index < -0.39 is 10.0 Å². The van der Waals surface area contributed by atoms with Crippen LogP contribution in [0.5, 0.6) is 11.5 Å². The summed E-state index contributed by atoms with van der Waals surface area (Å²) < 4.78 is 38.7. The number of ether oxygens (including phenoxy) is 2. The van der Waals surface area contributed by atoms with Crippen molar-refractivity contribution in [1.29, 1.82) is 0 Å². The van der Waals surface area contributed by atoms with Crippen LogP contribution in [0.2, 0.25) is 0 Å². The summed E-state index contributed by atoms with van der Waals surface area (Å²) in [5.41, 5.74) is 0.713. The van der Waals surface area contributed by atoms with Crippen LogP contribution in [-0.4, -0.2) is 39.8 Å². The van der Waals surface area contributed by atoms with E-state index in [1.54, 1.807) is 31.4 Å². The van der Waals surface area contributed by atoms with E-state index in [1.807, 2.05) is 24.3 Å². The average Bonchev–Trinajstić information content (AvgIpc) is 2.78. The number of anilines is 1. The molecular weight excluding hydrogens is 434 g/mol. The highest BCUT2D eigenvalue weighted by molar-refractivity contribution is 7.89. The summed E-state index contributed by atoms with van der Waals surface area (Å²) >= 11 is 5.29. The molecule has 7 nitrogen and oxygen atoms in total. The monoisotopic (exact) mass is 463 g/mol. The molecule has 0 spiro atoms. The maximum Gasteiger partial charge on any atom is 0.240 e. The van der Waals surface area contributed by atoms with Gasteiger partial charge in [-0.05, 0) is 73.6 Å². The van der Waals surface area contributed by atoms with Gasteiger partial charge in [-0.2, -0.15) is 0 Å². The first-order valence-electron chi connectivity index (χ1n) is 10.4. The lowest BCUT2D eigenvalue weighted by Gasteiger charge is -2.22. The van der Waals surface area contributed by atoms with E-state index in [2.05, 4.69) is 15.4 Å². The van der Waals surface area contributed by atoms with Gasteiger partial charge in [-0.3, -0.25) is 0 Å². The number of sulfonamides is 1. The Morgan fingerprint density at radius 1 is 1.00 bits per heavy atom. The van der Waals surface area contributed by atoms with Gasteiger partial charge >= 0.3 is 0 Å². The fraction of sp³-hybridized carbons (Fsp3) is 0.409. The SMILES string of the molecule is COc1ccc(OCCNC(=S)Nc2ccc(S(=O)(=O)NC3CCCCC3)cc2)cc1. The van der Waals surface area contributed by atoms with Crippen molar-refractivity contribution in [2.45, 2.75) is 43.0 Å². The molecule has 0 aromatic heterocycles. The zero-order valence-corrected chi connectivity index (χ0v) is 19.2. The molecule has 1 fully saturated rings. The Morgan fingerprint density at radius 2 is 1.65 bits per heavy atom. The molecular formula is C22H29N3O4S2. The zero-order chi connectivity index (χ0) is 22.1. The van der Waals surface area contributed by atoms with E-state index in [0.29, 0.717) is 24.0 Å². The molecule has 2 aromatic carbocycles. The van der Waals surface area contributed by atoms with Crippen molar-refractivity contribution in [2.75, 3.05) is 25.6 Å². The first-order valence-corrected chi connectivity index (χ1v) is 12.3. The normalized spacial score (nSPS) is 14.6. The minimum Gasteiger partial charge on any atom is -0.497 e. The molecule has 0 heterocycles. The van der Waals surface area contributed by atoms with Gasteiger partial charge in [-0.15, -0.1) is 0 Å². The highest BCUT2D eigenvalue weighted by Crippen LogP contribution is 2.21. The summed E-state index contributed by atoms with van der Waals surface area (Å²) in [6.07, 6.45) is 5.14. The van der Waals surface area contributed by atoms with Gasteiger partial charge in [-0.1, -0.05) is 19.3 Å². The molecule has 0 bridgehead atoms. The summed E-state index contributed by atoms with van der Waals surface area (Å²) in [6.45, 7) is 0.966. The van der Waals surface area contributed by atoms with Crippen molar-refractivity contribution in [3.8, 4) is 11.5 Å². The predicted octanol–water partition coefficient (Wildman–Crippen LogP) is 3.67. The second-order valence-corrected chi connectivity index (χ2v) is 9.51. The van der Waals surface area contributed by atoms with Gasteiger partial charge in [0.1, 0.15) is 18.1 Å². The van der Waals surface area contributed by atoms with Crippen LogP contribution in [0.25, 0.3) is 0 Å². The van der Waals surface area contributed by atoms with Gasteiger partial charge in [0.25, 0.3) is 0 Å². The van der Waals surface area contributed by atoms with Gasteiger partial charge in [0, 0.05) is 11.7 Å². The van der Waals surface area contributed by atoms with Crippen LogP contribution in [0.4, 0.5) is 5.69 Å². The topological polar surface area (TPSA) is 88.7 Å². The van der Waals surface area contributed by atoms with Crippen molar-refractivity contribution in [3.63, 3.8) is 0 Å². The van der Waals surface area contributed by atoms with E-state index in [0.717, 1.165) is 37.2 Å². The average molecular weight is 464 g/mol. The molecule has 0 atom stereocenters. The van der Waals surface area contributed by atoms with Crippen LogP contribution < -0.4 is 24.8 Å². The van der Waals surface area contributed by atoms with E-state index in [-0.39, 0.29) is 10.9 Å². The third kappa shape index (κ3) is 7.37. The van der Waals surface area contributed by atoms with Crippen molar-refractivity contribution < 1.29 is 17.9 Å². The number of benzene rings is 2. The first kappa shape index (κ1) is 23.3. The van der Waals surface area contributed by atoms with Gasteiger partial charge < -0.3 is 20.1 Å². The van der Waals surface area contributed by atoms with Crippen LogP contribution in [-0.2, 0) is 10.0 Å². The number of hydrogen-bond acceptors (Lipinski definition) is 5. The molecule has 9 heteroatoms. The smallest absolute Gasteiger partial charge is 0.240 e. The molecule has 3 N–H and O–H groups in total. The highest BCUT2D eigenvalue weighted by atomic mass is 32.2. The molecule has 2 aromatic rings. The van der Waals surface area contributed by atoms with Crippen LogP contribution in [0, 0.1) is 0 Å². The highest BCUT2D eigenvalue weighted by Gasteiger charge is 2.21. The van der Waals surface area contributed by atoms with Crippen LogP contribution in [0.3, 0.4) is 0 Å². The van der Waals surface area contributed by atoms with E-state index in [9.17, 15) is 8.42 Å². The lowest BCUT2D eigenvalue weighted by molar-refractivity contribution is 0.322. The third-order valence-electron chi connectivity index (χ3n) is 5.07. The minimum atomic E-state index is -3.50. The molecule has 1 aliphatic carbocycles. The Hall–Kier alpha value is -2.36. The quantitative estimate of drug-likeness (QED) is 0.386. The fourth-order valence-corrected chi connectivity index (χ4v) is 4.93. The second-order valence-electron chi connectivity index (χ2n) is 7.39. The molecule has 0 amide bonds. The van der Waals surface area contributed by atoms with Gasteiger partial charge in [0.2, 0.25) is 10.0 Å². The van der Waals surface area contributed by atoms with Crippen LogP contribution in [0.1, 0.15) is 32.1 Å². The number of rotatable bonds is 9. The van der Waals surface area contributed by atoms with Gasteiger partial charge in [0.05, 0.1) is 18.6 Å². The second kappa shape index (κ2) is 11.3. The molecule has 31 heavy (non-hydrogen) atoms. The zero-order valence-electron chi connectivity index (χ0n) is 17.6. The first-order chi connectivity index (χ1) is 15.0. The Labute approximate surface area is 189 Å². The molecule has 3 rings (SSSR count). The lowest BCUT2D eigenvalue weighted by atomic mass is 9.96. The number of thiocarbonyl (C=S) groups is 1. The number of methoxy groups -OCH3 is 1. The number of hydrogen-bond donors (Lipinski definition) is 3. The molecule has 0 saturated heterocycles. The largest absolute Gasteiger partial charge is 0.497 e. The van der Waals surface area contributed by atoms with Gasteiger partial charge in [-0.25, -0.2) is 13.1 Å². The molecule has 0 unspecified atom stereocenters.